The van der Waals surface area contributed by atoms with Crippen molar-refractivity contribution >= 4 is 33.4 Å². The minimum atomic E-state index is -1.60. The summed E-state index contributed by atoms with van der Waals surface area (Å²) in [6.45, 7) is 0. The molecule has 78 valence electrons. The summed E-state index contributed by atoms with van der Waals surface area (Å²) < 4.78 is 0.725. The first kappa shape index (κ1) is 11.5. The Kier molecular flexibility index (Phi) is 3.62. The van der Waals surface area contributed by atoms with Gasteiger partial charge in [0.25, 0.3) is 5.78 Å². The van der Waals surface area contributed by atoms with Crippen LogP contribution in [0.2, 0.25) is 0 Å². The number of ketones is 1. The fourth-order valence-electron chi connectivity index (χ4n) is 0.917. The summed E-state index contributed by atoms with van der Waals surface area (Å²) in [4.78, 5) is 21.0. The predicted octanol–water partition coefficient (Wildman–Crippen LogP) is 2.00. The number of hydrogen-bond donors (Lipinski definition) is 2. The summed E-state index contributed by atoms with van der Waals surface area (Å²) in [6.07, 6.45) is 0.671. The number of carbonyl (C=O) groups is 2. The lowest BCUT2D eigenvalue weighted by Gasteiger charge is -1.99. The fourth-order valence-corrected chi connectivity index (χ4v) is 1.32. The lowest BCUT2D eigenvalue weighted by Crippen LogP contribution is -2.09. The summed E-state index contributed by atoms with van der Waals surface area (Å²) in [7, 11) is 0. The number of aliphatic carboxylic acids is 1. The van der Waals surface area contributed by atoms with Crippen LogP contribution >= 0.6 is 15.9 Å². The van der Waals surface area contributed by atoms with E-state index in [1.807, 2.05) is 0 Å². The fraction of sp³-hybridized carbons (Fsp3) is 0. The maximum atomic E-state index is 10.8. The van der Waals surface area contributed by atoms with Gasteiger partial charge < -0.3 is 10.2 Å². The van der Waals surface area contributed by atoms with Crippen LogP contribution in [0.25, 0.3) is 5.76 Å². The molecule has 5 heteroatoms. The molecule has 0 saturated heterocycles. The highest BCUT2D eigenvalue weighted by molar-refractivity contribution is 9.10. The third-order valence-electron chi connectivity index (χ3n) is 1.60. The third kappa shape index (κ3) is 3.21. The molecule has 0 amide bonds. The highest BCUT2D eigenvalue weighted by atomic mass is 79.9. The van der Waals surface area contributed by atoms with Gasteiger partial charge in [-0.15, -0.1) is 0 Å². The van der Waals surface area contributed by atoms with Crippen molar-refractivity contribution in [1.29, 1.82) is 0 Å². The number of halogens is 1. The molecule has 4 nitrogen and oxygen atoms in total. The van der Waals surface area contributed by atoms with Gasteiger partial charge in [0.1, 0.15) is 5.76 Å². The van der Waals surface area contributed by atoms with E-state index in [4.69, 9.17) is 5.11 Å². The van der Waals surface area contributed by atoms with Gasteiger partial charge in [-0.05, 0) is 12.1 Å². The number of hydrogen-bond acceptors (Lipinski definition) is 3. The van der Waals surface area contributed by atoms with Crippen molar-refractivity contribution < 1.29 is 19.8 Å². The first-order valence-electron chi connectivity index (χ1n) is 3.94. The average Bonchev–Trinajstić information content (AvgIpc) is 2.17. The Bertz CT molecular complexity index is 437. The van der Waals surface area contributed by atoms with Crippen LogP contribution in [-0.2, 0) is 9.59 Å². The van der Waals surface area contributed by atoms with Gasteiger partial charge >= 0.3 is 5.97 Å². The van der Waals surface area contributed by atoms with Crippen LogP contribution in [0.4, 0.5) is 0 Å². The minimum absolute atomic E-state index is 0.372. The van der Waals surface area contributed by atoms with E-state index >= 15 is 0 Å². The molecule has 0 saturated carbocycles. The number of carboxylic acid groups (broad SMARTS) is 1. The maximum Gasteiger partial charge on any atom is 0.376 e. The lowest BCUT2D eigenvalue weighted by molar-refractivity contribution is -0.146. The van der Waals surface area contributed by atoms with Crippen molar-refractivity contribution in [2.45, 2.75) is 0 Å². The summed E-state index contributed by atoms with van der Waals surface area (Å²) in [5.41, 5.74) is 0.374. The third-order valence-corrected chi connectivity index (χ3v) is 2.09. The first-order chi connectivity index (χ1) is 7.00. The second-order valence-electron chi connectivity index (χ2n) is 2.71. The normalized spacial score (nSPS) is 11.1. The van der Waals surface area contributed by atoms with Crippen molar-refractivity contribution in [3.05, 3.63) is 40.4 Å². The maximum absolute atomic E-state index is 10.8. The SMILES string of the molecule is O=C(O)C(=O)C=C(O)c1cccc(Br)c1. The zero-order valence-electron chi connectivity index (χ0n) is 7.48. The van der Waals surface area contributed by atoms with Crippen LogP contribution < -0.4 is 0 Å². The molecular formula is C10H7BrO4. The molecule has 1 aromatic rings. The second-order valence-corrected chi connectivity index (χ2v) is 3.63. The van der Waals surface area contributed by atoms with Crippen molar-refractivity contribution in [2.75, 3.05) is 0 Å². The molecule has 15 heavy (non-hydrogen) atoms. The first-order valence-corrected chi connectivity index (χ1v) is 4.74. The van der Waals surface area contributed by atoms with E-state index in [1.54, 1.807) is 24.3 Å². The number of aliphatic hydroxyl groups excluding tert-OH is 1. The molecule has 0 fully saturated rings. The molecule has 0 bridgehead atoms. The van der Waals surface area contributed by atoms with Gasteiger partial charge in [-0.25, -0.2) is 4.79 Å². The zero-order valence-corrected chi connectivity index (χ0v) is 9.06. The van der Waals surface area contributed by atoms with E-state index < -0.39 is 11.8 Å². The molecule has 0 heterocycles. The average molecular weight is 271 g/mol. The van der Waals surface area contributed by atoms with E-state index in [-0.39, 0.29) is 5.76 Å². The van der Waals surface area contributed by atoms with E-state index in [1.165, 1.54) is 0 Å². The van der Waals surface area contributed by atoms with Crippen LogP contribution in [-0.4, -0.2) is 22.0 Å². The van der Waals surface area contributed by atoms with Gasteiger partial charge in [0, 0.05) is 16.1 Å². The Hall–Kier alpha value is -1.62. The van der Waals surface area contributed by atoms with Gasteiger partial charge in [0.2, 0.25) is 0 Å². The number of carbonyl (C=O) groups excluding carboxylic acids is 1. The molecule has 0 radical (unpaired) electrons. The van der Waals surface area contributed by atoms with Crippen LogP contribution in [0.3, 0.4) is 0 Å². The van der Waals surface area contributed by atoms with E-state index in [0.29, 0.717) is 11.6 Å². The van der Waals surface area contributed by atoms with Crippen LogP contribution in [0.15, 0.2) is 34.8 Å². The molecule has 0 spiro atoms. The summed E-state index contributed by atoms with van der Waals surface area (Å²) in [6, 6.07) is 6.54. The summed E-state index contributed by atoms with van der Waals surface area (Å²) in [5, 5.41) is 17.7. The van der Waals surface area contributed by atoms with Crippen LogP contribution in [0.1, 0.15) is 5.56 Å². The highest BCUT2D eigenvalue weighted by Crippen LogP contribution is 2.17. The Labute approximate surface area is 94.0 Å². The molecule has 0 atom stereocenters. The van der Waals surface area contributed by atoms with Crippen LogP contribution in [0.5, 0.6) is 0 Å². The molecule has 0 aliphatic heterocycles. The molecule has 1 aromatic carbocycles. The second kappa shape index (κ2) is 4.75. The largest absolute Gasteiger partial charge is 0.507 e. The minimum Gasteiger partial charge on any atom is -0.507 e. The molecule has 1 rings (SSSR count). The van der Waals surface area contributed by atoms with Gasteiger partial charge in [-0.1, -0.05) is 28.1 Å². The van der Waals surface area contributed by atoms with E-state index in [9.17, 15) is 14.7 Å². The molecule has 0 unspecified atom stereocenters. The Morgan fingerprint density at radius 1 is 1.27 bits per heavy atom. The predicted molar refractivity (Wildman–Crippen MR) is 57.4 cm³/mol. The van der Waals surface area contributed by atoms with E-state index in [2.05, 4.69) is 15.9 Å². The van der Waals surface area contributed by atoms with E-state index in [0.717, 1.165) is 4.47 Å². The van der Waals surface area contributed by atoms with Gasteiger partial charge in [-0.2, -0.15) is 0 Å². The Balaban J connectivity index is 2.99. The Morgan fingerprint density at radius 2 is 1.93 bits per heavy atom. The molecule has 0 aromatic heterocycles. The number of carboxylic acids is 1. The highest BCUT2D eigenvalue weighted by Gasteiger charge is 2.10. The standard InChI is InChI=1S/C10H7BrO4/c11-7-3-1-2-6(4-7)8(12)5-9(13)10(14)15/h1-5,12H,(H,14,15). The van der Waals surface area contributed by atoms with Crippen molar-refractivity contribution in [3.8, 4) is 0 Å². The summed E-state index contributed by atoms with van der Waals surface area (Å²) in [5.74, 6) is -3.13. The number of rotatable bonds is 3. The monoisotopic (exact) mass is 270 g/mol. The lowest BCUT2D eigenvalue weighted by atomic mass is 10.1. The van der Waals surface area contributed by atoms with Gasteiger partial charge in [0.15, 0.2) is 0 Å². The molecule has 2 N–H and O–H groups in total. The quantitative estimate of drug-likeness (QED) is 0.501. The number of aliphatic hydroxyl groups is 1. The molecule has 0 aliphatic rings. The molecule has 0 aliphatic carbocycles. The molecular weight excluding hydrogens is 264 g/mol. The smallest absolute Gasteiger partial charge is 0.376 e. The van der Waals surface area contributed by atoms with Crippen molar-refractivity contribution in [1.82, 2.24) is 0 Å². The van der Waals surface area contributed by atoms with Crippen molar-refractivity contribution in [3.63, 3.8) is 0 Å². The number of benzene rings is 1. The van der Waals surface area contributed by atoms with Gasteiger partial charge in [-0.3, -0.25) is 4.79 Å². The summed E-state index contributed by atoms with van der Waals surface area (Å²) >= 11 is 3.19. The van der Waals surface area contributed by atoms with Crippen LogP contribution in [0, 0.1) is 0 Å². The van der Waals surface area contributed by atoms with Gasteiger partial charge in [0.05, 0.1) is 0 Å². The Morgan fingerprint density at radius 3 is 2.47 bits per heavy atom. The van der Waals surface area contributed by atoms with Crippen molar-refractivity contribution in [2.24, 2.45) is 0 Å². The topological polar surface area (TPSA) is 74.6 Å². The zero-order chi connectivity index (χ0) is 11.4.